The molecule has 0 radical (unpaired) electrons. The monoisotopic (exact) mass is 469 g/mol. The fourth-order valence-corrected chi connectivity index (χ4v) is 4.85. The van der Waals surface area contributed by atoms with Gasteiger partial charge in [-0.25, -0.2) is 0 Å². The molecule has 0 heterocycles. The highest BCUT2D eigenvalue weighted by atomic mass is 16.4. The van der Waals surface area contributed by atoms with Crippen LogP contribution in [-0.2, 0) is 4.79 Å². The van der Waals surface area contributed by atoms with E-state index in [2.05, 4.69) is 27.7 Å². The highest BCUT2D eigenvalue weighted by molar-refractivity contribution is 5.60. The minimum absolute atomic E-state index is 0.972. The van der Waals surface area contributed by atoms with Gasteiger partial charge < -0.3 is 14.4 Å². The number of aliphatic carboxylic acids is 1. The zero-order valence-electron chi connectivity index (χ0n) is 23.7. The summed E-state index contributed by atoms with van der Waals surface area (Å²) in [6.45, 7) is 16.2. The van der Waals surface area contributed by atoms with E-state index in [1.54, 1.807) is 0 Å². The van der Waals surface area contributed by atoms with Crippen molar-refractivity contribution in [2.45, 2.75) is 163 Å². The average molecular weight is 470 g/mol. The normalized spacial score (nSPS) is 11.3. The summed E-state index contributed by atoms with van der Waals surface area (Å²) < 4.78 is 1.46. The Morgan fingerprint density at radius 1 is 0.455 bits per heavy atom. The molecule has 0 amide bonds. The lowest BCUT2D eigenvalue weighted by Gasteiger charge is -2.39. The maximum atomic E-state index is 8.89. The quantitative estimate of drug-likeness (QED) is 0.105. The molecule has 0 aliphatic rings. The van der Waals surface area contributed by atoms with Gasteiger partial charge in [0.25, 0.3) is 0 Å². The van der Waals surface area contributed by atoms with E-state index >= 15 is 0 Å². The van der Waals surface area contributed by atoms with Gasteiger partial charge in [-0.05, 0) is 51.9 Å². The molecule has 0 aromatic rings. The summed E-state index contributed by atoms with van der Waals surface area (Å²) in [6, 6.07) is 0. The topological polar surface area (TPSA) is 40.1 Å². The molecule has 0 aromatic heterocycles. The van der Waals surface area contributed by atoms with Crippen LogP contribution in [0.3, 0.4) is 0 Å². The SMILES string of the molecule is CC(=O)[O-].CCCCCCCC[N+](CCCC)(CCCCCCCC)CCCCCCCC. The first-order valence-corrected chi connectivity index (χ1v) is 15.0. The molecule has 0 bridgehead atoms. The summed E-state index contributed by atoms with van der Waals surface area (Å²) >= 11 is 0. The number of carboxylic acids is 1. The molecule has 3 heteroatoms. The number of hydrogen-bond acceptors (Lipinski definition) is 2. The van der Waals surface area contributed by atoms with Gasteiger partial charge in [0.2, 0.25) is 0 Å². The van der Waals surface area contributed by atoms with Crippen LogP contribution < -0.4 is 5.11 Å². The van der Waals surface area contributed by atoms with E-state index < -0.39 is 5.97 Å². The fraction of sp³-hybridized carbons (Fsp3) is 0.967. The Morgan fingerprint density at radius 2 is 0.667 bits per heavy atom. The number of carboxylic acid groups (broad SMARTS) is 1. The average Bonchev–Trinajstić information content (AvgIpc) is 2.79. The van der Waals surface area contributed by atoms with E-state index in [0.717, 1.165) is 6.92 Å². The van der Waals surface area contributed by atoms with Crippen LogP contribution in [0.2, 0.25) is 0 Å². The van der Waals surface area contributed by atoms with E-state index in [-0.39, 0.29) is 0 Å². The van der Waals surface area contributed by atoms with Gasteiger partial charge >= 0.3 is 0 Å². The van der Waals surface area contributed by atoms with Crippen LogP contribution in [0.5, 0.6) is 0 Å². The van der Waals surface area contributed by atoms with Crippen LogP contribution in [0.1, 0.15) is 163 Å². The third-order valence-corrected chi connectivity index (χ3v) is 6.94. The fourth-order valence-electron chi connectivity index (χ4n) is 4.85. The van der Waals surface area contributed by atoms with E-state index in [1.165, 1.54) is 159 Å². The van der Waals surface area contributed by atoms with Crippen LogP contribution >= 0.6 is 0 Å². The smallest absolute Gasteiger partial charge is 0.0786 e. The van der Waals surface area contributed by atoms with Crippen molar-refractivity contribution in [2.24, 2.45) is 0 Å². The maximum absolute atomic E-state index is 8.89. The molecule has 33 heavy (non-hydrogen) atoms. The summed E-state index contributed by atoms with van der Waals surface area (Å²) in [5.41, 5.74) is 0. The summed E-state index contributed by atoms with van der Waals surface area (Å²) in [4.78, 5) is 8.89. The van der Waals surface area contributed by atoms with Crippen LogP contribution in [-0.4, -0.2) is 36.6 Å². The van der Waals surface area contributed by atoms with Crippen molar-refractivity contribution in [1.29, 1.82) is 0 Å². The lowest BCUT2D eigenvalue weighted by molar-refractivity contribution is -0.929. The lowest BCUT2D eigenvalue weighted by atomic mass is 10.1. The molecular weight excluding hydrogens is 406 g/mol. The molecule has 0 saturated carbocycles. The summed E-state index contributed by atoms with van der Waals surface area (Å²) in [5.74, 6) is -1.08. The highest BCUT2D eigenvalue weighted by Gasteiger charge is 2.25. The molecule has 200 valence electrons. The third-order valence-electron chi connectivity index (χ3n) is 6.94. The molecule has 0 fully saturated rings. The van der Waals surface area contributed by atoms with Gasteiger partial charge in [-0.2, -0.15) is 0 Å². The predicted molar refractivity (Wildman–Crippen MR) is 145 cm³/mol. The first kappa shape index (κ1) is 34.6. The second kappa shape index (κ2) is 27.7. The molecular formula is C30H63NO2. The molecule has 0 saturated heterocycles. The molecule has 0 aliphatic heterocycles. The molecule has 0 aliphatic carbocycles. The Labute approximate surface area is 209 Å². The van der Waals surface area contributed by atoms with Gasteiger partial charge in [0.05, 0.1) is 26.2 Å². The number of hydrogen-bond donors (Lipinski definition) is 0. The van der Waals surface area contributed by atoms with Gasteiger partial charge in [-0.1, -0.05) is 111 Å². The summed E-state index contributed by atoms with van der Waals surface area (Å²) in [5, 5.41) is 8.89. The van der Waals surface area contributed by atoms with E-state index in [4.69, 9.17) is 9.90 Å². The van der Waals surface area contributed by atoms with Crippen molar-refractivity contribution in [3.63, 3.8) is 0 Å². The minimum atomic E-state index is -1.08. The number of unbranched alkanes of at least 4 members (excludes halogenated alkanes) is 16. The van der Waals surface area contributed by atoms with E-state index in [0.29, 0.717) is 0 Å². The predicted octanol–water partition coefficient (Wildman–Crippen LogP) is 8.44. The largest absolute Gasteiger partial charge is 0.550 e. The Hall–Kier alpha value is -0.570. The number of carbonyl (C=O) groups excluding carboxylic acids is 1. The molecule has 3 nitrogen and oxygen atoms in total. The molecule has 0 spiro atoms. The minimum Gasteiger partial charge on any atom is -0.550 e. The Kier molecular flexibility index (Phi) is 29.0. The number of quaternary nitrogens is 1. The van der Waals surface area contributed by atoms with E-state index in [1.807, 2.05) is 0 Å². The Bertz CT molecular complexity index is 339. The zero-order valence-corrected chi connectivity index (χ0v) is 23.7. The van der Waals surface area contributed by atoms with Crippen molar-refractivity contribution < 1.29 is 14.4 Å². The van der Waals surface area contributed by atoms with Gasteiger partial charge in [0.15, 0.2) is 0 Å². The lowest BCUT2D eigenvalue weighted by Crippen LogP contribution is -2.50. The van der Waals surface area contributed by atoms with Gasteiger partial charge in [0, 0.05) is 5.97 Å². The third kappa shape index (κ3) is 27.6. The Morgan fingerprint density at radius 3 is 0.939 bits per heavy atom. The van der Waals surface area contributed by atoms with Crippen LogP contribution in [0.4, 0.5) is 0 Å². The summed E-state index contributed by atoms with van der Waals surface area (Å²) in [6.07, 6.45) is 28.8. The van der Waals surface area contributed by atoms with Crippen molar-refractivity contribution in [2.75, 3.05) is 26.2 Å². The second-order valence-electron chi connectivity index (χ2n) is 10.4. The summed E-state index contributed by atoms with van der Waals surface area (Å²) in [7, 11) is 0. The second-order valence-corrected chi connectivity index (χ2v) is 10.4. The standard InChI is InChI=1S/C28H60N.C2H4O2/c1-5-9-13-16-19-22-26-29(25-12-8-4,27-23-20-17-14-10-6-2)28-24-21-18-15-11-7-3;1-2(3)4/h5-28H2,1-4H3;1H3,(H,3,4)/q+1;/p-1. The Balaban J connectivity index is 0. The van der Waals surface area contributed by atoms with Crippen molar-refractivity contribution in [3.05, 3.63) is 0 Å². The van der Waals surface area contributed by atoms with Gasteiger partial charge in [-0.3, -0.25) is 0 Å². The molecule has 0 unspecified atom stereocenters. The first-order chi connectivity index (χ1) is 16.0. The first-order valence-electron chi connectivity index (χ1n) is 15.0. The van der Waals surface area contributed by atoms with Crippen molar-refractivity contribution in [1.82, 2.24) is 0 Å². The molecule has 0 rings (SSSR count). The molecule has 0 atom stereocenters. The number of rotatable bonds is 24. The van der Waals surface area contributed by atoms with Crippen molar-refractivity contribution >= 4 is 5.97 Å². The van der Waals surface area contributed by atoms with E-state index in [9.17, 15) is 0 Å². The van der Waals surface area contributed by atoms with Crippen molar-refractivity contribution in [3.8, 4) is 0 Å². The number of carbonyl (C=O) groups is 1. The van der Waals surface area contributed by atoms with Crippen LogP contribution in [0.15, 0.2) is 0 Å². The number of nitrogens with zero attached hydrogens (tertiary/aromatic N) is 1. The zero-order chi connectivity index (χ0) is 25.0. The van der Waals surface area contributed by atoms with Gasteiger partial charge in [0.1, 0.15) is 0 Å². The molecule has 0 N–H and O–H groups in total. The molecule has 0 aromatic carbocycles. The highest BCUT2D eigenvalue weighted by Crippen LogP contribution is 2.19. The van der Waals surface area contributed by atoms with Crippen LogP contribution in [0.25, 0.3) is 0 Å². The van der Waals surface area contributed by atoms with Gasteiger partial charge in [-0.15, -0.1) is 0 Å². The van der Waals surface area contributed by atoms with Crippen LogP contribution in [0, 0.1) is 0 Å². The maximum Gasteiger partial charge on any atom is 0.0786 e.